The van der Waals surface area contributed by atoms with Crippen LogP contribution in [0.4, 0.5) is 5.82 Å². The van der Waals surface area contributed by atoms with Gasteiger partial charge in [-0.3, -0.25) is 4.98 Å². The van der Waals surface area contributed by atoms with Crippen molar-refractivity contribution >= 4 is 27.4 Å². The van der Waals surface area contributed by atoms with Crippen LogP contribution in [0.2, 0.25) is 0 Å². The molecule has 0 aromatic carbocycles. The van der Waals surface area contributed by atoms with Crippen molar-refractivity contribution in [3.05, 3.63) is 18.1 Å². The number of hydrogen-bond donors (Lipinski definition) is 1. The molecule has 96 valence electrons. The lowest BCUT2D eigenvalue weighted by Crippen LogP contribution is -2.05. The van der Waals surface area contributed by atoms with Gasteiger partial charge in [0.25, 0.3) is 0 Å². The molecule has 1 rings (SSSR count). The van der Waals surface area contributed by atoms with E-state index in [0.29, 0.717) is 11.5 Å². The summed E-state index contributed by atoms with van der Waals surface area (Å²) in [5.74, 6) is 2.25. The van der Waals surface area contributed by atoms with E-state index in [1.165, 1.54) is 6.26 Å². The molecule has 1 aromatic heterocycles. The Balaban J connectivity index is 2.32. The molecule has 0 unspecified atom stereocenters. The smallest absolute Gasteiger partial charge is 0.148 e. The fourth-order valence-corrected chi connectivity index (χ4v) is 3.27. The molecule has 0 spiro atoms. The van der Waals surface area contributed by atoms with Gasteiger partial charge >= 0.3 is 0 Å². The van der Waals surface area contributed by atoms with Crippen LogP contribution in [0.25, 0.3) is 0 Å². The number of nitrogens with zero attached hydrogens (tertiary/aromatic N) is 2. The van der Waals surface area contributed by atoms with E-state index in [-0.39, 0.29) is 5.75 Å². The van der Waals surface area contributed by atoms with E-state index in [2.05, 4.69) is 15.3 Å². The summed E-state index contributed by atoms with van der Waals surface area (Å²) >= 11 is 1.55. The minimum Gasteiger partial charge on any atom is -0.369 e. The summed E-state index contributed by atoms with van der Waals surface area (Å²) < 4.78 is 21.8. The van der Waals surface area contributed by atoms with Crippen molar-refractivity contribution < 1.29 is 8.42 Å². The van der Waals surface area contributed by atoms with Gasteiger partial charge in [0.2, 0.25) is 0 Å². The number of aromatic nitrogens is 2. The first-order chi connectivity index (χ1) is 8.01. The molecule has 0 aliphatic rings. The number of hydrogen-bond acceptors (Lipinski definition) is 6. The van der Waals surface area contributed by atoms with Crippen LogP contribution < -0.4 is 5.32 Å². The van der Waals surface area contributed by atoms with Crippen molar-refractivity contribution in [1.29, 1.82) is 0 Å². The largest absolute Gasteiger partial charge is 0.369 e. The predicted molar refractivity (Wildman–Crippen MR) is 72.1 cm³/mol. The molecule has 1 N–H and O–H groups in total. The first-order valence-electron chi connectivity index (χ1n) is 5.31. The standard InChI is InChI=1S/C10H17N3O2S2/c1-3-11-10-7-12-9(6-13-10)8-16-4-5-17(2,14)15/h6-7H,3-5,8H2,1-2H3,(H,11,13). The second-order valence-electron chi connectivity index (χ2n) is 3.61. The van der Waals surface area contributed by atoms with Crippen LogP contribution in [0.1, 0.15) is 12.6 Å². The molecule has 0 amide bonds. The highest BCUT2D eigenvalue weighted by molar-refractivity contribution is 7.99. The van der Waals surface area contributed by atoms with Gasteiger partial charge in [0.1, 0.15) is 15.7 Å². The third-order valence-corrected chi connectivity index (χ3v) is 4.11. The summed E-state index contributed by atoms with van der Waals surface area (Å²) in [7, 11) is -2.86. The molecule has 0 aliphatic heterocycles. The molecule has 0 saturated heterocycles. The van der Waals surface area contributed by atoms with Crippen molar-refractivity contribution in [2.24, 2.45) is 0 Å². The molecule has 17 heavy (non-hydrogen) atoms. The number of sulfone groups is 1. The van der Waals surface area contributed by atoms with E-state index in [1.807, 2.05) is 6.92 Å². The highest BCUT2D eigenvalue weighted by Gasteiger charge is 2.02. The van der Waals surface area contributed by atoms with Gasteiger partial charge in [0, 0.05) is 24.3 Å². The van der Waals surface area contributed by atoms with E-state index in [0.717, 1.165) is 18.1 Å². The lowest BCUT2D eigenvalue weighted by Gasteiger charge is -2.03. The quantitative estimate of drug-likeness (QED) is 0.754. The molecule has 0 fully saturated rings. The van der Waals surface area contributed by atoms with Crippen LogP contribution in [-0.2, 0) is 15.6 Å². The first kappa shape index (κ1) is 14.2. The molecule has 0 radical (unpaired) electrons. The highest BCUT2D eigenvalue weighted by Crippen LogP contribution is 2.10. The Hall–Kier alpha value is -0.820. The number of thioether (sulfide) groups is 1. The first-order valence-corrected chi connectivity index (χ1v) is 8.53. The average molecular weight is 275 g/mol. The maximum atomic E-state index is 10.9. The van der Waals surface area contributed by atoms with Gasteiger partial charge in [0.05, 0.1) is 23.8 Å². The van der Waals surface area contributed by atoms with E-state index in [1.54, 1.807) is 24.2 Å². The molecule has 5 nitrogen and oxygen atoms in total. The molecule has 1 heterocycles. The van der Waals surface area contributed by atoms with Crippen molar-refractivity contribution in [3.8, 4) is 0 Å². The second kappa shape index (κ2) is 6.80. The van der Waals surface area contributed by atoms with Gasteiger partial charge in [-0.25, -0.2) is 13.4 Å². The normalized spacial score (nSPS) is 11.4. The molecule has 7 heteroatoms. The van der Waals surface area contributed by atoms with Gasteiger partial charge in [0.15, 0.2) is 0 Å². The number of anilines is 1. The summed E-state index contributed by atoms with van der Waals surface area (Å²) in [6.45, 7) is 2.81. The molecular weight excluding hydrogens is 258 g/mol. The van der Waals surface area contributed by atoms with E-state index in [4.69, 9.17) is 0 Å². The Bertz CT molecular complexity index is 431. The number of nitrogens with one attached hydrogen (secondary N) is 1. The monoisotopic (exact) mass is 275 g/mol. The van der Waals surface area contributed by atoms with Crippen LogP contribution in [0, 0.1) is 0 Å². The Kier molecular flexibility index (Phi) is 5.70. The van der Waals surface area contributed by atoms with Crippen LogP contribution >= 0.6 is 11.8 Å². The minimum absolute atomic E-state index is 0.209. The van der Waals surface area contributed by atoms with Gasteiger partial charge in [-0.05, 0) is 6.92 Å². The van der Waals surface area contributed by atoms with Crippen molar-refractivity contribution in [2.75, 3.05) is 29.6 Å². The molecule has 0 saturated carbocycles. The summed E-state index contributed by atoms with van der Waals surface area (Å²) in [4.78, 5) is 8.43. The second-order valence-corrected chi connectivity index (χ2v) is 6.97. The topological polar surface area (TPSA) is 72.0 Å². The van der Waals surface area contributed by atoms with Crippen molar-refractivity contribution in [3.63, 3.8) is 0 Å². The zero-order valence-electron chi connectivity index (χ0n) is 10.0. The van der Waals surface area contributed by atoms with Gasteiger partial charge < -0.3 is 5.32 Å². The maximum absolute atomic E-state index is 10.9. The van der Waals surface area contributed by atoms with Crippen LogP contribution in [0.3, 0.4) is 0 Å². The molecule has 0 aliphatic carbocycles. The van der Waals surface area contributed by atoms with E-state index < -0.39 is 9.84 Å². The maximum Gasteiger partial charge on any atom is 0.148 e. The lowest BCUT2D eigenvalue weighted by atomic mass is 10.5. The van der Waals surface area contributed by atoms with E-state index in [9.17, 15) is 8.42 Å². The summed E-state index contributed by atoms with van der Waals surface area (Å²) in [5, 5.41) is 3.06. The van der Waals surface area contributed by atoms with Crippen molar-refractivity contribution in [2.45, 2.75) is 12.7 Å². The molecule has 0 atom stereocenters. The van der Waals surface area contributed by atoms with Crippen LogP contribution in [-0.4, -0.2) is 42.7 Å². The van der Waals surface area contributed by atoms with Gasteiger partial charge in [-0.15, -0.1) is 0 Å². The fraction of sp³-hybridized carbons (Fsp3) is 0.600. The predicted octanol–water partition coefficient (Wildman–Crippen LogP) is 1.19. The number of rotatable bonds is 7. The third kappa shape index (κ3) is 6.48. The Morgan fingerprint density at radius 1 is 1.35 bits per heavy atom. The third-order valence-electron chi connectivity index (χ3n) is 1.91. The minimum atomic E-state index is -2.86. The molecule has 1 aromatic rings. The average Bonchev–Trinajstić information content (AvgIpc) is 2.26. The zero-order valence-corrected chi connectivity index (χ0v) is 11.6. The lowest BCUT2D eigenvalue weighted by molar-refractivity contribution is 0.603. The van der Waals surface area contributed by atoms with Gasteiger partial charge in [-0.1, -0.05) is 0 Å². The molecular formula is C10H17N3O2S2. The Morgan fingerprint density at radius 2 is 2.12 bits per heavy atom. The summed E-state index contributed by atoms with van der Waals surface area (Å²) in [6.07, 6.45) is 4.65. The van der Waals surface area contributed by atoms with Crippen LogP contribution in [0.15, 0.2) is 12.4 Å². The van der Waals surface area contributed by atoms with E-state index >= 15 is 0 Å². The summed E-state index contributed by atoms with van der Waals surface area (Å²) in [6, 6.07) is 0. The fourth-order valence-electron chi connectivity index (χ4n) is 1.09. The Morgan fingerprint density at radius 3 is 2.65 bits per heavy atom. The van der Waals surface area contributed by atoms with Crippen LogP contribution in [0.5, 0.6) is 0 Å². The van der Waals surface area contributed by atoms with Crippen molar-refractivity contribution in [1.82, 2.24) is 9.97 Å². The SMILES string of the molecule is CCNc1cnc(CSCCS(C)(=O)=O)cn1. The molecule has 0 bridgehead atoms. The zero-order chi connectivity index (χ0) is 12.7. The summed E-state index contributed by atoms with van der Waals surface area (Å²) in [5.41, 5.74) is 0.866. The highest BCUT2D eigenvalue weighted by atomic mass is 32.2. The Labute approximate surface area is 106 Å². The van der Waals surface area contributed by atoms with Gasteiger partial charge in [-0.2, -0.15) is 11.8 Å².